The molecule has 1 N–H and O–H groups in total. The Balaban J connectivity index is 2.67. The van der Waals surface area contributed by atoms with E-state index in [9.17, 15) is 8.42 Å². The Kier molecular flexibility index (Phi) is 6.99. The highest BCUT2D eigenvalue weighted by molar-refractivity contribution is 9.10. The molecule has 0 amide bonds. The topological polar surface area (TPSA) is 55.4 Å². The first-order chi connectivity index (χ1) is 9.36. The molecule has 0 heterocycles. The van der Waals surface area contributed by atoms with Gasteiger partial charge in [-0.1, -0.05) is 42.6 Å². The van der Waals surface area contributed by atoms with Gasteiger partial charge in [-0.2, -0.15) is 0 Å². The van der Waals surface area contributed by atoms with Crippen molar-refractivity contribution >= 4 is 26.0 Å². The Morgan fingerprint density at radius 1 is 1.30 bits per heavy atom. The third kappa shape index (κ3) is 5.42. The van der Waals surface area contributed by atoms with Crippen LogP contribution < -0.4 is 9.46 Å². The number of sulfonamides is 1. The van der Waals surface area contributed by atoms with Crippen LogP contribution in [0.25, 0.3) is 0 Å². The summed E-state index contributed by atoms with van der Waals surface area (Å²) in [5.41, 5.74) is 0. The predicted molar refractivity (Wildman–Crippen MR) is 84.6 cm³/mol. The van der Waals surface area contributed by atoms with Crippen molar-refractivity contribution < 1.29 is 13.2 Å². The van der Waals surface area contributed by atoms with E-state index in [-0.39, 0.29) is 4.90 Å². The average molecular weight is 364 g/mol. The Labute approximate surface area is 130 Å². The molecule has 1 rings (SSSR count). The summed E-state index contributed by atoms with van der Waals surface area (Å²) in [6.07, 6.45) is 2.98. The van der Waals surface area contributed by atoms with E-state index in [1.807, 2.05) is 0 Å². The van der Waals surface area contributed by atoms with Crippen molar-refractivity contribution in [3.05, 3.63) is 22.7 Å². The van der Waals surface area contributed by atoms with Crippen LogP contribution >= 0.6 is 15.9 Å². The van der Waals surface area contributed by atoms with Crippen molar-refractivity contribution in [2.45, 2.75) is 38.0 Å². The highest BCUT2D eigenvalue weighted by atomic mass is 79.9. The molecule has 0 aliphatic rings. The summed E-state index contributed by atoms with van der Waals surface area (Å²) in [6.45, 7) is 4.78. The Morgan fingerprint density at radius 3 is 2.60 bits per heavy atom. The van der Waals surface area contributed by atoms with Crippen LogP contribution in [0.15, 0.2) is 27.6 Å². The summed E-state index contributed by atoms with van der Waals surface area (Å²) in [5, 5.41) is 0. The van der Waals surface area contributed by atoms with Crippen LogP contribution in [0, 0.1) is 5.92 Å². The van der Waals surface area contributed by atoms with Crippen molar-refractivity contribution in [1.29, 1.82) is 0 Å². The summed E-state index contributed by atoms with van der Waals surface area (Å²) in [5.74, 6) is 1.000. The van der Waals surface area contributed by atoms with Gasteiger partial charge in [-0.15, -0.1) is 0 Å². The van der Waals surface area contributed by atoms with Gasteiger partial charge in [-0.25, -0.2) is 13.1 Å². The molecule has 4 nitrogen and oxygen atoms in total. The molecule has 0 unspecified atom stereocenters. The zero-order chi connectivity index (χ0) is 15.2. The van der Waals surface area contributed by atoms with Crippen LogP contribution in [0.2, 0.25) is 0 Å². The van der Waals surface area contributed by atoms with Crippen molar-refractivity contribution in [2.24, 2.45) is 5.92 Å². The second-order valence-corrected chi connectivity index (χ2v) is 7.73. The number of unbranched alkanes of at least 4 members (excludes halogenated alkanes) is 1. The Morgan fingerprint density at radius 2 is 2.00 bits per heavy atom. The second-order valence-electron chi connectivity index (χ2n) is 5.08. The van der Waals surface area contributed by atoms with Gasteiger partial charge in [-0.3, -0.25) is 0 Å². The molecular formula is C14H22BrNO3S. The highest BCUT2D eigenvalue weighted by Crippen LogP contribution is 2.27. The molecule has 0 aliphatic heterocycles. The summed E-state index contributed by atoms with van der Waals surface area (Å²) >= 11 is 3.28. The van der Waals surface area contributed by atoms with Crippen LogP contribution in [-0.2, 0) is 10.0 Å². The van der Waals surface area contributed by atoms with Crippen molar-refractivity contribution in [3.63, 3.8) is 0 Å². The molecule has 1 aromatic carbocycles. The van der Waals surface area contributed by atoms with Gasteiger partial charge >= 0.3 is 0 Å². The highest BCUT2D eigenvalue weighted by Gasteiger charge is 2.19. The Hall–Kier alpha value is -0.590. The quantitative estimate of drug-likeness (QED) is 0.718. The molecule has 20 heavy (non-hydrogen) atoms. The SMILES string of the molecule is COc1ccc(Br)cc1S(=O)(=O)NCCCCC(C)C. The maximum absolute atomic E-state index is 12.2. The predicted octanol–water partition coefficient (Wildman–Crippen LogP) is 3.56. The third-order valence-corrected chi connectivity index (χ3v) is 4.89. The zero-order valence-corrected chi connectivity index (χ0v) is 14.6. The van der Waals surface area contributed by atoms with Crippen LogP contribution in [0.5, 0.6) is 5.75 Å². The molecule has 0 aliphatic carbocycles. The second kappa shape index (κ2) is 8.00. The smallest absolute Gasteiger partial charge is 0.244 e. The molecule has 0 radical (unpaired) electrons. The fourth-order valence-electron chi connectivity index (χ4n) is 1.82. The number of methoxy groups -OCH3 is 1. The van der Waals surface area contributed by atoms with Crippen molar-refractivity contribution in [1.82, 2.24) is 4.72 Å². The number of halogens is 1. The number of nitrogens with one attached hydrogen (secondary N) is 1. The monoisotopic (exact) mass is 363 g/mol. The standard InChI is InChI=1S/C14H22BrNO3S/c1-11(2)6-4-5-9-16-20(17,18)14-10-12(15)7-8-13(14)19-3/h7-8,10-11,16H,4-6,9H2,1-3H3. The van der Waals surface area contributed by atoms with Gasteiger partial charge in [0.05, 0.1) is 7.11 Å². The molecule has 1 aromatic rings. The maximum atomic E-state index is 12.2. The van der Waals surface area contributed by atoms with Crippen LogP contribution in [0.3, 0.4) is 0 Å². The first-order valence-electron chi connectivity index (χ1n) is 6.70. The van der Waals surface area contributed by atoms with E-state index in [1.165, 1.54) is 7.11 Å². The van der Waals surface area contributed by atoms with E-state index in [0.717, 1.165) is 19.3 Å². The van der Waals surface area contributed by atoms with Gasteiger partial charge in [0.2, 0.25) is 10.0 Å². The minimum absolute atomic E-state index is 0.165. The first-order valence-corrected chi connectivity index (χ1v) is 8.97. The van der Waals surface area contributed by atoms with Crippen LogP contribution in [0.4, 0.5) is 0 Å². The van der Waals surface area contributed by atoms with Gasteiger partial charge < -0.3 is 4.74 Å². The summed E-state index contributed by atoms with van der Waals surface area (Å²) < 4.78 is 32.9. The fraction of sp³-hybridized carbons (Fsp3) is 0.571. The molecule has 0 atom stereocenters. The number of benzene rings is 1. The molecule has 0 spiro atoms. The van der Waals surface area contributed by atoms with Gasteiger partial charge in [0.25, 0.3) is 0 Å². The lowest BCUT2D eigenvalue weighted by molar-refractivity contribution is 0.402. The lowest BCUT2D eigenvalue weighted by atomic mass is 10.1. The molecular weight excluding hydrogens is 342 g/mol. The molecule has 0 saturated carbocycles. The normalized spacial score (nSPS) is 11.8. The Bertz CT molecular complexity index is 529. The first kappa shape index (κ1) is 17.5. The average Bonchev–Trinajstić information content (AvgIpc) is 2.37. The van der Waals surface area contributed by atoms with E-state index in [0.29, 0.717) is 22.7 Å². The molecule has 0 saturated heterocycles. The third-order valence-electron chi connectivity index (χ3n) is 2.92. The van der Waals surface area contributed by atoms with E-state index in [2.05, 4.69) is 34.5 Å². The number of hydrogen-bond acceptors (Lipinski definition) is 3. The summed E-state index contributed by atoms with van der Waals surface area (Å²) in [6, 6.07) is 4.94. The lowest BCUT2D eigenvalue weighted by Gasteiger charge is -2.11. The maximum Gasteiger partial charge on any atom is 0.244 e. The molecule has 0 aromatic heterocycles. The van der Waals surface area contributed by atoms with E-state index >= 15 is 0 Å². The van der Waals surface area contributed by atoms with Gasteiger partial charge in [-0.05, 0) is 30.5 Å². The molecule has 6 heteroatoms. The van der Waals surface area contributed by atoms with Gasteiger partial charge in [0.15, 0.2) is 0 Å². The minimum atomic E-state index is -3.53. The van der Waals surface area contributed by atoms with E-state index < -0.39 is 10.0 Å². The number of rotatable bonds is 8. The van der Waals surface area contributed by atoms with Crippen molar-refractivity contribution in [3.8, 4) is 5.75 Å². The number of ether oxygens (including phenoxy) is 1. The van der Waals surface area contributed by atoms with Gasteiger partial charge in [0, 0.05) is 11.0 Å². The molecule has 0 fully saturated rings. The van der Waals surface area contributed by atoms with Crippen LogP contribution in [-0.4, -0.2) is 22.1 Å². The number of hydrogen-bond donors (Lipinski definition) is 1. The summed E-state index contributed by atoms with van der Waals surface area (Å²) in [4.78, 5) is 0.165. The lowest BCUT2D eigenvalue weighted by Crippen LogP contribution is -2.25. The van der Waals surface area contributed by atoms with E-state index in [1.54, 1.807) is 18.2 Å². The van der Waals surface area contributed by atoms with Gasteiger partial charge in [0.1, 0.15) is 10.6 Å². The van der Waals surface area contributed by atoms with Crippen molar-refractivity contribution in [2.75, 3.05) is 13.7 Å². The molecule has 0 bridgehead atoms. The summed E-state index contributed by atoms with van der Waals surface area (Å²) in [7, 11) is -2.07. The van der Waals surface area contributed by atoms with Crippen LogP contribution in [0.1, 0.15) is 33.1 Å². The minimum Gasteiger partial charge on any atom is -0.495 e. The van der Waals surface area contributed by atoms with E-state index in [4.69, 9.17) is 4.74 Å². The fourth-order valence-corrected chi connectivity index (χ4v) is 3.60. The largest absolute Gasteiger partial charge is 0.495 e. The zero-order valence-electron chi connectivity index (χ0n) is 12.1. The molecule has 114 valence electrons.